The van der Waals surface area contributed by atoms with Gasteiger partial charge in [-0.1, -0.05) is 0 Å². The van der Waals surface area contributed by atoms with Crippen molar-refractivity contribution in [3.05, 3.63) is 0 Å². The van der Waals surface area contributed by atoms with Crippen LogP contribution in [0.4, 0.5) is 0 Å². The Labute approximate surface area is 121 Å². The normalized spacial score (nSPS) is 24.3. The summed E-state index contributed by atoms with van der Waals surface area (Å²) in [4.78, 5) is 25.9. The second-order valence-electron chi connectivity index (χ2n) is 7.36. The van der Waals surface area contributed by atoms with Crippen LogP contribution in [0.5, 0.6) is 0 Å². The van der Waals surface area contributed by atoms with Crippen LogP contribution < -0.4 is 10.6 Å². The summed E-state index contributed by atoms with van der Waals surface area (Å²) in [6.45, 7) is 8.00. The first-order valence-electron chi connectivity index (χ1n) is 7.50. The van der Waals surface area contributed by atoms with E-state index in [0.29, 0.717) is 0 Å². The van der Waals surface area contributed by atoms with Gasteiger partial charge >= 0.3 is 0 Å². The molecule has 5 nitrogen and oxygen atoms in total. The van der Waals surface area contributed by atoms with Crippen LogP contribution in [0, 0.1) is 11.3 Å². The molecule has 1 saturated heterocycles. The van der Waals surface area contributed by atoms with Gasteiger partial charge in [0.15, 0.2) is 0 Å². The molecule has 0 radical (unpaired) electrons. The van der Waals surface area contributed by atoms with E-state index in [4.69, 9.17) is 0 Å². The number of carbonyl (C=O) groups is 2. The maximum Gasteiger partial charge on any atom is 0.240 e. The number of hydrogen-bond donors (Lipinski definition) is 2. The highest BCUT2D eigenvalue weighted by Crippen LogP contribution is 2.59. The minimum atomic E-state index is -0.253. The van der Waals surface area contributed by atoms with E-state index < -0.39 is 0 Å². The first-order valence-corrected chi connectivity index (χ1v) is 7.50. The molecule has 0 aromatic heterocycles. The quantitative estimate of drug-likeness (QED) is 0.802. The topological polar surface area (TPSA) is 61.4 Å². The van der Waals surface area contributed by atoms with Crippen molar-refractivity contribution in [2.45, 2.75) is 45.6 Å². The van der Waals surface area contributed by atoms with Gasteiger partial charge in [-0.3, -0.25) is 9.59 Å². The summed E-state index contributed by atoms with van der Waals surface area (Å²) in [5, 5.41) is 6.23. The molecule has 1 saturated carbocycles. The summed E-state index contributed by atoms with van der Waals surface area (Å²) >= 11 is 0. The van der Waals surface area contributed by atoms with Crippen LogP contribution in [0.25, 0.3) is 0 Å². The monoisotopic (exact) mass is 281 g/mol. The van der Waals surface area contributed by atoms with Gasteiger partial charge in [0.1, 0.15) is 0 Å². The number of piperidine rings is 1. The molecule has 2 rings (SSSR count). The Morgan fingerprint density at radius 2 is 1.90 bits per heavy atom. The Kier molecular flexibility index (Phi) is 4.09. The van der Waals surface area contributed by atoms with Gasteiger partial charge in [-0.2, -0.15) is 0 Å². The lowest BCUT2D eigenvalue weighted by atomic mass is 9.91. The number of rotatable bonds is 3. The molecule has 2 amide bonds. The number of nitrogens with one attached hydrogen (secondary N) is 2. The zero-order chi connectivity index (χ0) is 15.0. The minimum Gasteiger partial charge on any atom is -0.350 e. The second-order valence-corrected chi connectivity index (χ2v) is 7.36. The molecule has 1 unspecified atom stereocenters. The minimum absolute atomic E-state index is 0.0895. The van der Waals surface area contributed by atoms with Crippen molar-refractivity contribution in [2.24, 2.45) is 11.3 Å². The van der Waals surface area contributed by atoms with Crippen LogP contribution in [0.1, 0.15) is 40.0 Å². The van der Waals surface area contributed by atoms with Gasteiger partial charge in [-0.25, -0.2) is 0 Å². The van der Waals surface area contributed by atoms with E-state index in [-0.39, 0.29) is 35.2 Å². The summed E-state index contributed by atoms with van der Waals surface area (Å²) < 4.78 is 0. The molecule has 1 aliphatic heterocycles. The van der Waals surface area contributed by atoms with Gasteiger partial charge in [-0.15, -0.1) is 0 Å². The molecular weight excluding hydrogens is 254 g/mol. The summed E-state index contributed by atoms with van der Waals surface area (Å²) in [7, 11) is 1.73. The Morgan fingerprint density at radius 3 is 2.45 bits per heavy atom. The average molecular weight is 281 g/mol. The predicted molar refractivity (Wildman–Crippen MR) is 78.2 cm³/mol. The Bertz CT molecular complexity index is 394. The molecule has 0 bridgehead atoms. The lowest BCUT2D eigenvalue weighted by Crippen LogP contribution is -2.47. The molecule has 1 aliphatic carbocycles. The fraction of sp³-hybridized carbons (Fsp3) is 0.867. The van der Waals surface area contributed by atoms with Crippen LogP contribution in [0.2, 0.25) is 0 Å². The molecule has 0 aromatic carbocycles. The van der Waals surface area contributed by atoms with Gasteiger partial charge in [0, 0.05) is 18.5 Å². The van der Waals surface area contributed by atoms with Crippen molar-refractivity contribution in [3.8, 4) is 0 Å². The molecular formula is C15H27N3O2. The number of hydrogen-bond acceptors (Lipinski definition) is 3. The summed E-state index contributed by atoms with van der Waals surface area (Å²) in [6, 6.07) is 0. The van der Waals surface area contributed by atoms with E-state index in [1.807, 2.05) is 20.8 Å². The van der Waals surface area contributed by atoms with Crippen LogP contribution in [-0.2, 0) is 9.59 Å². The van der Waals surface area contributed by atoms with Gasteiger partial charge < -0.3 is 15.5 Å². The predicted octanol–water partition coefficient (Wildman–Crippen LogP) is 0.749. The molecule has 1 heterocycles. The fourth-order valence-corrected chi connectivity index (χ4v) is 3.19. The van der Waals surface area contributed by atoms with Crippen LogP contribution in [0.15, 0.2) is 0 Å². The third kappa shape index (κ3) is 3.51. The van der Waals surface area contributed by atoms with Crippen molar-refractivity contribution in [3.63, 3.8) is 0 Å². The largest absolute Gasteiger partial charge is 0.350 e. The molecule has 2 aliphatic rings. The summed E-state index contributed by atoms with van der Waals surface area (Å²) in [6.07, 6.45) is 3.18. The number of amides is 2. The molecule has 114 valence electrons. The maximum absolute atomic E-state index is 12.4. The number of carbonyl (C=O) groups excluding carboxylic acids is 2. The average Bonchev–Trinajstić information content (AvgIpc) is 3.00. The highest BCUT2D eigenvalue weighted by atomic mass is 16.2. The lowest BCUT2D eigenvalue weighted by Gasteiger charge is -2.26. The SMILES string of the molecule is CN(CC(=O)NC(C)(C)C)C(=O)C1CC12CCNCC2. The molecule has 1 spiro atoms. The van der Waals surface area contributed by atoms with Crippen molar-refractivity contribution in [1.29, 1.82) is 0 Å². The zero-order valence-electron chi connectivity index (χ0n) is 13.1. The van der Waals surface area contributed by atoms with E-state index in [2.05, 4.69) is 10.6 Å². The molecule has 2 fully saturated rings. The van der Waals surface area contributed by atoms with Gasteiger partial charge in [0.2, 0.25) is 11.8 Å². The molecule has 20 heavy (non-hydrogen) atoms. The second kappa shape index (κ2) is 5.35. The van der Waals surface area contributed by atoms with Gasteiger partial charge in [0.25, 0.3) is 0 Å². The van der Waals surface area contributed by atoms with Crippen molar-refractivity contribution >= 4 is 11.8 Å². The Hall–Kier alpha value is -1.10. The summed E-state index contributed by atoms with van der Waals surface area (Å²) in [5.74, 6) is 0.182. The van der Waals surface area contributed by atoms with Crippen molar-refractivity contribution in [2.75, 3.05) is 26.7 Å². The lowest BCUT2D eigenvalue weighted by molar-refractivity contribution is -0.137. The standard InChI is InChI=1S/C15H27N3O2/c1-14(2,3)17-12(19)10-18(4)13(20)11-9-15(11)5-7-16-8-6-15/h11,16H,5-10H2,1-4H3,(H,17,19). The third-order valence-corrected chi connectivity index (χ3v) is 4.36. The van der Waals surface area contributed by atoms with E-state index in [9.17, 15) is 9.59 Å². The smallest absolute Gasteiger partial charge is 0.240 e. The number of nitrogens with zero attached hydrogens (tertiary/aromatic N) is 1. The van der Waals surface area contributed by atoms with Crippen LogP contribution in [0.3, 0.4) is 0 Å². The van der Waals surface area contributed by atoms with Crippen molar-refractivity contribution in [1.82, 2.24) is 15.5 Å². The molecule has 1 atom stereocenters. The fourth-order valence-electron chi connectivity index (χ4n) is 3.19. The molecule has 0 aromatic rings. The number of likely N-dealkylation sites (N-methyl/N-ethyl adjacent to an activating group) is 1. The summed E-state index contributed by atoms with van der Waals surface area (Å²) in [5.41, 5.74) is -0.0199. The van der Waals surface area contributed by atoms with Crippen LogP contribution in [-0.4, -0.2) is 48.9 Å². The highest BCUT2D eigenvalue weighted by Gasteiger charge is 2.58. The van der Waals surface area contributed by atoms with E-state index in [1.165, 1.54) is 0 Å². The van der Waals surface area contributed by atoms with Gasteiger partial charge in [0.05, 0.1) is 6.54 Å². The molecule has 5 heteroatoms. The zero-order valence-corrected chi connectivity index (χ0v) is 13.1. The Balaban J connectivity index is 1.83. The first kappa shape index (κ1) is 15.3. The highest BCUT2D eigenvalue weighted by molar-refractivity contribution is 5.88. The first-order chi connectivity index (χ1) is 9.23. The van der Waals surface area contributed by atoms with Crippen molar-refractivity contribution < 1.29 is 9.59 Å². The Morgan fingerprint density at radius 1 is 1.30 bits per heavy atom. The van der Waals surface area contributed by atoms with E-state index in [1.54, 1.807) is 11.9 Å². The van der Waals surface area contributed by atoms with E-state index in [0.717, 1.165) is 32.4 Å². The third-order valence-electron chi connectivity index (χ3n) is 4.36. The van der Waals surface area contributed by atoms with E-state index >= 15 is 0 Å². The van der Waals surface area contributed by atoms with Crippen LogP contribution >= 0.6 is 0 Å². The molecule has 2 N–H and O–H groups in total. The maximum atomic E-state index is 12.4. The van der Waals surface area contributed by atoms with Gasteiger partial charge in [-0.05, 0) is 58.5 Å².